The molecule has 0 bridgehead atoms. The Balaban J connectivity index is 2.11. The number of benzene rings is 1. The molecule has 1 aromatic rings. The number of esters is 1. The van der Waals surface area contributed by atoms with Crippen LogP contribution in [0.2, 0.25) is 0 Å². The normalized spacial score (nSPS) is 11.8. The quantitative estimate of drug-likeness (QED) is 0.282. The van der Waals surface area contributed by atoms with Crippen LogP contribution in [0.3, 0.4) is 0 Å². The largest absolute Gasteiger partial charge is 0.497 e. The predicted molar refractivity (Wildman–Crippen MR) is 110 cm³/mol. The lowest BCUT2D eigenvalue weighted by molar-refractivity contribution is -0.154. The van der Waals surface area contributed by atoms with Gasteiger partial charge in [0.15, 0.2) is 5.96 Å². The molecule has 0 saturated carbocycles. The van der Waals surface area contributed by atoms with Crippen molar-refractivity contribution in [3.05, 3.63) is 29.8 Å². The van der Waals surface area contributed by atoms with Crippen LogP contribution < -0.4 is 15.4 Å². The number of unbranched alkanes of at least 4 members (excludes halogenated alkanes) is 3. The van der Waals surface area contributed by atoms with Crippen molar-refractivity contribution in [2.75, 3.05) is 20.7 Å². The summed E-state index contributed by atoms with van der Waals surface area (Å²) in [5.74, 6) is 1.54. The Kier molecular flexibility index (Phi) is 10.3. The van der Waals surface area contributed by atoms with E-state index < -0.39 is 5.60 Å². The Labute approximate surface area is 163 Å². The van der Waals surface area contributed by atoms with Gasteiger partial charge in [-0.1, -0.05) is 25.0 Å². The lowest BCUT2D eigenvalue weighted by Crippen LogP contribution is -2.37. The van der Waals surface area contributed by atoms with E-state index in [4.69, 9.17) is 9.47 Å². The fraction of sp³-hybridized carbons (Fsp3) is 0.619. The third kappa shape index (κ3) is 11.2. The van der Waals surface area contributed by atoms with Crippen LogP contribution in [0.4, 0.5) is 0 Å². The summed E-state index contributed by atoms with van der Waals surface area (Å²) in [5.41, 5.74) is 0.774. The molecular formula is C21H35N3O3. The summed E-state index contributed by atoms with van der Waals surface area (Å²) in [6.45, 7) is 7.25. The molecule has 0 spiro atoms. The highest BCUT2D eigenvalue weighted by molar-refractivity contribution is 5.79. The number of carbonyl (C=O) groups excluding carboxylic acids is 1. The van der Waals surface area contributed by atoms with E-state index in [1.807, 2.05) is 45.0 Å². The van der Waals surface area contributed by atoms with E-state index in [-0.39, 0.29) is 5.97 Å². The molecule has 0 heterocycles. The zero-order chi connectivity index (χ0) is 20.1. The molecule has 6 heteroatoms. The first-order valence-corrected chi connectivity index (χ1v) is 9.63. The van der Waals surface area contributed by atoms with Gasteiger partial charge in [-0.15, -0.1) is 0 Å². The summed E-state index contributed by atoms with van der Waals surface area (Å²) in [7, 11) is 3.43. The third-order valence-corrected chi connectivity index (χ3v) is 3.86. The average Bonchev–Trinajstić information content (AvgIpc) is 2.62. The molecule has 1 rings (SSSR count). The second-order valence-electron chi connectivity index (χ2n) is 7.45. The van der Waals surface area contributed by atoms with E-state index in [0.29, 0.717) is 13.0 Å². The Morgan fingerprint density at radius 3 is 2.30 bits per heavy atom. The fourth-order valence-corrected chi connectivity index (χ4v) is 2.50. The highest BCUT2D eigenvalue weighted by atomic mass is 16.6. The molecule has 0 amide bonds. The number of carbonyl (C=O) groups is 1. The van der Waals surface area contributed by atoms with E-state index in [1.165, 1.54) is 5.56 Å². The highest BCUT2D eigenvalue weighted by Crippen LogP contribution is 2.12. The van der Waals surface area contributed by atoms with Crippen molar-refractivity contribution in [2.24, 2.45) is 4.99 Å². The Hall–Kier alpha value is -2.24. The molecule has 0 aromatic heterocycles. The minimum Gasteiger partial charge on any atom is -0.497 e. The van der Waals surface area contributed by atoms with Gasteiger partial charge in [0.25, 0.3) is 0 Å². The summed E-state index contributed by atoms with van der Waals surface area (Å²) in [6.07, 6.45) is 4.51. The Morgan fingerprint density at radius 2 is 1.70 bits per heavy atom. The standard InChI is InChI=1S/C21H35N3O3/c1-21(2,3)27-19(25)10-8-6-7-9-15-23-20(22-4)24-16-17-11-13-18(26-5)14-12-17/h11-14H,6-10,15-16H2,1-5H3,(H2,22,23,24). The van der Waals surface area contributed by atoms with Gasteiger partial charge in [-0.05, 0) is 51.3 Å². The molecule has 27 heavy (non-hydrogen) atoms. The van der Waals surface area contributed by atoms with E-state index in [1.54, 1.807) is 14.2 Å². The summed E-state index contributed by atoms with van der Waals surface area (Å²) in [4.78, 5) is 15.9. The van der Waals surface area contributed by atoms with Gasteiger partial charge in [0, 0.05) is 26.6 Å². The van der Waals surface area contributed by atoms with Crippen molar-refractivity contribution in [2.45, 2.75) is 65.0 Å². The van der Waals surface area contributed by atoms with Crippen LogP contribution in [0, 0.1) is 0 Å². The second-order valence-corrected chi connectivity index (χ2v) is 7.45. The van der Waals surface area contributed by atoms with Gasteiger partial charge in [0.1, 0.15) is 11.4 Å². The van der Waals surface area contributed by atoms with E-state index >= 15 is 0 Å². The molecule has 6 nitrogen and oxygen atoms in total. The van der Waals surface area contributed by atoms with Gasteiger partial charge in [-0.2, -0.15) is 0 Å². The molecular weight excluding hydrogens is 342 g/mol. The summed E-state index contributed by atoms with van der Waals surface area (Å²) in [5, 5.41) is 6.61. The first-order chi connectivity index (χ1) is 12.8. The van der Waals surface area contributed by atoms with Crippen molar-refractivity contribution < 1.29 is 14.3 Å². The van der Waals surface area contributed by atoms with Crippen molar-refractivity contribution >= 4 is 11.9 Å². The van der Waals surface area contributed by atoms with Gasteiger partial charge < -0.3 is 20.1 Å². The number of aliphatic imine (C=N–C) groups is 1. The van der Waals surface area contributed by atoms with Crippen LogP contribution in [-0.2, 0) is 16.1 Å². The molecule has 0 atom stereocenters. The zero-order valence-corrected chi connectivity index (χ0v) is 17.4. The van der Waals surface area contributed by atoms with Crippen molar-refractivity contribution in [3.63, 3.8) is 0 Å². The topological polar surface area (TPSA) is 72.0 Å². The smallest absolute Gasteiger partial charge is 0.306 e. The van der Waals surface area contributed by atoms with Crippen LogP contribution in [0.1, 0.15) is 58.4 Å². The van der Waals surface area contributed by atoms with Crippen LogP contribution in [-0.4, -0.2) is 38.2 Å². The molecule has 0 saturated heterocycles. The molecule has 0 aliphatic carbocycles. The van der Waals surface area contributed by atoms with E-state index in [9.17, 15) is 4.79 Å². The number of hydrogen-bond acceptors (Lipinski definition) is 4. The minimum atomic E-state index is -0.393. The Bertz CT molecular complexity index is 577. The maximum absolute atomic E-state index is 11.6. The summed E-state index contributed by atoms with van der Waals surface area (Å²) in [6, 6.07) is 7.96. The van der Waals surface area contributed by atoms with Gasteiger partial charge in [0.05, 0.1) is 7.11 Å². The minimum absolute atomic E-state index is 0.108. The zero-order valence-electron chi connectivity index (χ0n) is 17.4. The predicted octanol–water partition coefficient (Wildman–Crippen LogP) is 3.65. The van der Waals surface area contributed by atoms with Crippen molar-refractivity contribution in [1.29, 1.82) is 0 Å². The number of methoxy groups -OCH3 is 1. The fourth-order valence-electron chi connectivity index (χ4n) is 2.50. The molecule has 1 aromatic carbocycles. The molecule has 0 aliphatic heterocycles. The van der Waals surface area contributed by atoms with Gasteiger partial charge in [-0.25, -0.2) is 0 Å². The summed E-state index contributed by atoms with van der Waals surface area (Å²) < 4.78 is 10.5. The average molecular weight is 378 g/mol. The Morgan fingerprint density at radius 1 is 1.04 bits per heavy atom. The number of ether oxygens (including phenoxy) is 2. The molecule has 0 unspecified atom stereocenters. The maximum atomic E-state index is 11.6. The van der Waals surface area contributed by atoms with Gasteiger partial charge in [-0.3, -0.25) is 9.79 Å². The van der Waals surface area contributed by atoms with Crippen LogP contribution >= 0.6 is 0 Å². The first-order valence-electron chi connectivity index (χ1n) is 9.63. The monoisotopic (exact) mass is 377 g/mol. The van der Waals surface area contributed by atoms with Gasteiger partial charge >= 0.3 is 5.97 Å². The first kappa shape index (κ1) is 22.8. The number of hydrogen-bond donors (Lipinski definition) is 2. The van der Waals surface area contributed by atoms with Gasteiger partial charge in [0.2, 0.25) is 0 Å². The van der Waals surface area contributed by atoms with Crippen molar-refractivity contribution in [1.82, 2.24) is 10.6 Å². The second kappa shape index (κ2) is 12.2. The number of guanidine groups is 1. The number of nitrogens with zero attached hydrogens (tertiary/aromatic N) is 1. The lowest BCUT2D eigenvalue weighted by atomic mass is 10.1. The molecule has 152 valence electrons. The SMILES string of the molecule is CN=C(NCCCCCCC(=O)OC(C)(C)C)NCc1ccc(OC)cc1. The molecule has 0 radical (unpaired) electrons. The summed E-state index contributed by atoms with van der Waals surface area (Å²) >= 11 is 0. The van der Waals surface area contributed by atoms with Crippen LogP contribution in [0.5, 0.6) is 5.75 Å². The third-order valence-electron chi connectivity index (χ3n) is 3.86. The maximum Gasteiger partial charge on any atom is 0.306 e. The lowest BCUT2D eigenvalue weighted by Gasteiger charge is -2.19. The van der Waals surface area contributed by atoms with E-state index in [0.717, 1.165) is 43.9 Å². The number of nitrogens with one attached hydrogen (secondary N) is 2. The van der Waals surface area contributed by atoms with E-state index in [2.05, 4.69) is 15.6 Å². The molecule has 2 N–H and O–H groups in total. The van der Waals surface area contributed by atoms with Crippen LogP contribution in [0.25, 0.3) is 0 Å². The highest BCUT2D eigenvalue weighted by Gasteiger charge is 2.15. The molecule has 0 fully saturated rings. The van der Waals surface area contributed by atoms with Crippen LogP contribution in [0.15, 0.2) is 29.3 Å². The molecule has 0 aliphatic rings. The number of rotatable bonds is 10. The van der Waals surface area contributed by atoms with Crippen molar-refractivity contribution in [3.8, 4) is 5.75 Å².